The fourth-order valence-electron chi connectivity index (χ4n) is 4.84. The summed E-state index contributed by atoms with van der Waals surface area (Å²) in [4.78, 5) is 40.7. The molecule has 182 valence electrons. The summed E-state index contributed by atoms with van der Waals surface area (Å²) in [6.07, 6.45) is 6.57. The van der Waals surface area contributed by atoms with Crippen LogP contribution in [-0.2, 0) is 11.3 Å². The van der Waals surface area contributed by atoms with Crippen LogP contribution in [0, 0.1) is 0 Å². The fraction of sp³-hybridized carbons (Fsp3) is 0.538. The monoisotopic (exact) mass is 465 g/mol. The average Bonchev–Trinajstić information content (AvgIpc) is 3.09. The van der Waals surface area contributed by atoms with Crippen molar-refractivity contribution in [2.45, 2.75) is 76.4 Å². The predicted molar refractivity (Wildman–Crippen MR) is 130 cm³/mol. The molecular formula is C26H35N5O3. The van der Waals surface area contributed by atoms with Gasteiger partial charge in [-0.15, -0.1) is 0 Å². The van der Waals surface area contributed by atoms with Gasteiger partial charge in [-0.2, -0.15) is 5.10 Å². The Morgan fingerprint density at radius 2 is 1.82 bits per heavy atom. The minimum absolute atomic E-state index is 0.141. The number of carbonyl (C=O) groups is 3. The SMILES string of the molecule is C[C@H](CNC(=O)c1cc2n(n1)C[C@](C)(C(=O)NC1CCCCCC1)N(C)C2=O)c1ccccc1. The largest absolute Gasteiger partial charge is 0.351 e. The van der Waals surface area contributed by atoms with E-state index in [-0.39, 0.29) is 41.9 Å². The highest BCUT2D eigenvalue weighted by Crippen LogP contribution is 2.27. The summed E-state index contributed by atoms with van der Waals surface area (Å²) >= 11 is 0. The maximum absolute atomic E-state index is 13.3. The molecule has 0 unspecified atom stereocenters. The predicted octanol–water partition coefficient (Wildman–Crippen LogP) is 3.10. The topological polar surface area (TPSA) is 96.3 Å². The van der Waals surface area contributed by atoms with Crippen LogP contribution in [0.3, 0.4) is 0 Å². The van der Waals surface area contributed by atoms with Crippen molar-refractivity contribution in [3.63, 3.8) is 0 Å². The molecule has 3 amide bonds. The summed E-state index contributed by atoms with van der Waals surface area (Å²) in [5, 5.41) is 10.5. The van der Waals surface area contributed by atoms with Gasteiger partial charge in [-0.1, -0.05) is 62.9 Å². The minimum Gasteiger partial charge on any atom is -0.351 e. The molecule has 0 bridgehead atoms. The molecule has 2 aromatic rings. The first kappa shape index (κ1) is 24.0. The van der Waals surface area contributed by atoms with Crippen LogP contribution < -0.4 is 10.6 Å². The van der Waals surface area contributed by atoms with Crippen LogP contribution in [0.25, 0.3) is 0 Å². The zero-order valence-electron chi connectivity index (χ0n) is 20.3. The normalized spacial score (nSPS) is 22.0. The van der Waals surface area contributed by atoms with Crippen molar-refractivity contribution in [2.24, 2.45) is 0 Å². The third kappa shape index (κ3) is 4.86. The number of hydrogen-bond donors (Lipinski definition) is 2. The van der Waals surface area contributed by atoms with E-state index in [2.05, 4.69) is 15.7 Å². The molecule has 1 aromatic heterocycles. The Hall–Kier alpha value is -3.16. The Bertz CT molecular complexity index is 1040. The van der Waals surface area contributed by atoms with Crippen LogP contribution in [-0.4, -0.2) is 57.6 Å². The zero-order valence-corrected chi connectivity index (χ0v) is 20.3. The lowest BCUT2D eigenvalue weighted by molar-refractivity contribution is -0.133. The van der Waals surface area contributed by atoms with Crippen LogP contribution in [0.5, 0.6) is 0 Å². The van der Waals surface area contributed by atoms with E-state index in [1.165, 1.54) is 28.5 Å². The lowest BCUT2D eigenvalue weighted by atomic mass is 9.95. The van der Waals surface area contributed by atoms with Crippen LogP contribution in [0.2, 0.25) is 0 Å². The molecule has 1 saturated carbocycles. The summed E-state index contributed by atoms with van der Waals surface area (Å²) in [6, 6.07) is 11.6. The number of nitrogens with one attached hydrogen (secondary N) is 2. The second-order valence-electron chi connectivity index (χ2n) is 9.89. The molecule has 0 spiro atoms. The molecule has 0 saturated heterocycles. The second kappa shape index (κ2) is 9.99. The Morgan fingerprint density at radius 1 is 1.15 bits per heavy atom. The molecule has 2 aliphatic rings. The molecule has 2 atom stereocenters. The van der Waals surface area contributed by atoms with Gasteiger partial charge in [0.15, 0.2) is 5.69 Å². The van der Waals surface area contributed by atoms with Crippen molar-refractivity contribution in [3.05, 3.63) is 53.3 Å². The lowest BCUT2D eigenvalue weighted by Crippen LogP contribution is -2.63. The summed E-state index contributed by atoms with van der Waals surface area (Å²) in [7, 11) is 1.65. The van der Waals surface area contributed by atoms with E-state index >= 15 is 0 Å². The average molecular weight is 466 g/mol. The van der Waals surface area contributed by atoms with Gasteiger partial charge < -0.3 is 15.5 Å². The van der Waals surface area contributed by atoms with Gasteiger partial charge in [0.1, 0.15) is 11.2 Å². The number of aromatic nitrogens is 2. The highest BCUT2D eigenvalue weighted by atomic mass is 16.2. The summed E-state index contributed by atoms with van der Waals surface area (Å²) in [5.74, 6) is -0.663. The maximum Gasteiger partial charge on any atom is 0.272 e. The number of carbonyl (C=O) groups excluding carboxylic acids is 3. The number of likely N-dealkylation sites (N-methyl/N-ethyl adjacent to an activating group) is 1. The number of nitrogens with zero attached hydrogens (tertiary/aromatic N) is 3. The van der Waals surface area contributed by atoms with Crippen LogP contribution in [0.4, 0.5) is 0 Å². The Balaban J connectivity index is 1.44. The summed E-state index contributed by atoms with van der Waals surface area (Å²) < 4.78 is 1.50. The van der Waals surface area contributed by atoms with E-state index in [9.17, 15) is 14.4 Å². The third-order valence-corrected chi connectivity index (χ3v) is 7.35. The third-order valence-electron chi connectivity index (χ3n) is 7.35. The standard InChI is InChI=1S/C26H35N5O3/c1-18(19-11-7-6-8-12-19)16-27-23(32)21-15-22-24(33)30(3)26(2,17-31(22)29-21)25(34)28-20-13-9-4-5-10-14-20/h6-8,11-12,15,18,20H,4-5,9-10,13-14,16-17H2,1-3H3,(H,27,32)(H,28,34)/t18-,26-/m1/s1. The van der Waals surface area contributed by atoms with Crippen LogP contribution in [0.1, 0.15) is 84.8 Å². The molecule has 0 radical (unpaired) electrons. The van der Waals surface area contributed by atoms with E-state index in [1.807, 2.05) is 37.3 Å². The molecule has 1 fully saturated rings. The lowest BCUT2D eigenvalue weighted by Gasteiger charge is -2.41. The molecule has 1 aliphatic heterocycles. The Labute approximate surface area is 201 Å². The number of fused-ring (bicyclic) bond motifs is 1. The van der Waals surface area contributed by atoms with Gasteiger partial charge in [0, 0.05) is 25.7 Å². The first-order valence-corrected chi connectivity index (χ1v) is 12.3. The summed E-state index contributed by atoms with van der Waals surface area (Å²) in [5.41, 5.74) is 0.575. The van der Waals surface area contributed by atoms with Crippen molar-refractivity contribution in [1.82, 2.24) is 25.3 Å². The fourth-order valence-corrected chi connectivity index (χ4v) is 4.84. The van der Waals surface area contributed by atoms with E-state index in [4.69, 9.17) is 0 Å². The van der Waals surface area contributed by atoms with Crippen molar-refractivity contribution in [2.75, 3.05) is 13.6 Å². The number of amides is 3. The van der Waals surface area contributed by atoms with E-state index < -0.39 is 5.54 Å². The Kier molecular flexibility index (Phi) is 7.05. The van der Waals surface area contributed by atoms with Crippen LogP contribution >= 0.6 is 0 Å². The second-order valence-corrected chi connectivity index (χ2v) is 9.89. The molecule has 2 N–H and O–H groups in total. The number of hydrogen-bond acceptors (Lipinski definition) is 4. The first-order chi connectivity index (χ1) is 16.3. The van der Waals surface area contributed by atoms with Crippen LogP contribution in [0.15, 0.2) is 36.4 Å². The molecule has 1 aliphatic carbocycles. The number of benzene rings is 1. The highest BCUT2D eigenvalue weighted by Gasteiger charge is 2.46. The van der Waals surface area contributed by atoms with Crippen molar-refractivity contribution >= 4 is 17.7 Å². The number of rotatable bonds is 6. The van der Waals surface area contributed by atoms with Gasteiger partial charge >= 0.3 is 0 Å². The molecular weight excluding hydrogens is 430 g/mol. The quantitative estimate of drug-likeness (QED) is 0.641. The minimum atomic E-state index is -1.07. The molecule has 2 heterocycles. The maximum atomic E-state index is 13.3. The van der Waals surface area contributed by atoms with Gasteiger partial charge in [0.05, 0.1) is 6.54 Å². The molecule has 4 rings (SSSR count). The first-order valence-electron chi connectivity index (χ1n) is 12.3. The van der Waals surface area contributed by atoms with Gasteiger partial charge in [-0.3, -0.25) is 19.1 Å². The highest BCUT2D eigenvalue weighted by molar-refractivity contribution is 6.01. The van der Waals surface area contributed by atoms with Crippen molar-refractivity contribution < 1.29 is 14.4 Å². The van der Waals surface area contributed by atoms with E-state index in [1.54, 1.807) is 14.0 Å². The zero-order chi connectivity index (χ0) is 24.3. The van der Waals surface area contributed by atoms with Crippen molar-refractivity contribution in [1.29, 1.82) is 0 Å². The van der Waals surface area contributed by atoms with E-state index in [0.717, 1.165) is 31.2 Å². The van der Waals surface area contributed by atoms with Gasteiger partial charge in [-0.05, 0) is 31.2 Å². The van der Waals surface area contributed by atoms with Gasteiger partial charge in [0.25, 0.3) is 11.8 Å². The van der Waals surface area contributed by atoms with Gasteiger partial charge in [-0.25, -0.2) is 0 Å². The molecule has 8 nitrogen and oxygen atoms in total. The smallest absolute Gasteiger partial charge is 0.272 e. The summed E-state index contributed by atoms with van der Waals surface area (Å²) in [6.45, 7) is 4.48. The molecule has 8 heteroatoms. The van der Waals surface area contributed by atoms with Crippen molar-refractivity contribution in [3.8, 4) is 0 Å². The molecule has 34 heavy (non-hydrogen) atoms. The Morgan fingerprint density at radius 3 is 2.50 bits per heavy atom. The molecule has 1 aromatic carbocycles. The van der Waals surface area contributed by atoms with Gasteiger partial charge in [0.2, 0.25) is 5.91 Å². The van der Waals surface area contributed by atoms with E-state index in [0.29, 0.717) is 12.2 Å².